The first-order valence-corrected chi connectivity index (χ1v) is 6.97. The summed E-state index contributed by atoms with van der Waals surface area (Å²) in [6.45, 7) is 3.70. The van der Waals surface area contributed by atoms with Crippen LogP contribution < -0.4 is 10.6 Å². The molecule has 2 N–H and O–H groups in total. The minimum absolute atomic E-state index is 0. The summed E-state index contributed by atoms with van der Waals surface area (Å²) in [5, 5.41) is 8.55. The fourth-order valence-corrected chi connectivity index (χ4v) is 2.49. The Balaban J connectivity index is 0.00000147. The van der Waals surface area contributed by atoms with Crippen LogP contribution in [-0.2, 0) is 6.54 Å². The normalized spacial score (nSPS) is 14.3. The van der Waals surface area contributed by atoms with E-state index in [0.29, 0.717) is 0 Å². The quantitative estimate of drug-likeness (QED) is 0.773. The molecule has 1 aromatic carbocycles. The largest absolute Gasteiger partial charge is 0.356 e. The molecule has 0 aliphatic carbocycles. The second-order valence-electron chi connectivity index (χ2n) is 4.65. The van der Waals surface area contributed by atoms with Crippen LogP contribution in [0.1, 0.15) is 6.42 Å². The second kappa shape index (κ2) is 7.17. The Bertz CT molecular complexity index is 608. The maximum absolute atomic E-state index is 5.99. The molecule has 0 saturated heterocycles. The van der Waals surface area contributed by atoms with Crippen molar-refractivity contribution in [3.8, 4) is 0 Å². The Morgan fingerprint density at radius 3 is 3.05 bits per heavy atom. The van der Waals surface area contributed by atoms with Crippen molar-refractivity contribution in [2.75, 3.05) is 19.6 Å². The van der Waals surface area contributed by atoms with E-state index in [0.717, 1.165) is 43.6 Å². The lowest BCUT2D eigenvalue weighted by atomic mass is 10.2. The van der Waals surface area contributed by atoms with Crippen molar-refractivity contribution in [1.82, 2.24) is 15.2 Å². The molecule has 1 aliphatic rings. The van der Waals surface area contributed by atoms with Crippen LogP contribution in [0.15, 0.2) is 35.5 Å². The van der Waals surface area contributed by atoms with Gasteiger partial charge in [0.1, 0.15) is 0 Å². The number of fused-ring (bicyclic) bond motifs is 1. The zero-order valence-electron chi connectivity index (χ0n) is 11.1. The van der Waals surface area contributed by atoms with Gasteiger partial charge in [-0.2, -0.15) is 0 Å². The van der Waals surface area contributed by atoms with Gasteiger partial charge in [0.2, 0.25) is 0 Å². The molecule has 4 nitrogen and oxygen atoms in total. The zero-order chi connectivity index (χ0) is 13.1. The summed E-state index contributed by atoms with van der Waals surface area (Å²) < 4.78 is 2.22. The second-order valence-corrected chi connectivity index (χ2v) is 5.09. The minimum Gasteiger partial charge on any atom is -0.356 e. The molecule has 0 spiro atoms. The van der Waals surface area contributed by atoms with Gasteiger partial charge in [0.15, 0.2) is 5.96 Å². The molecule has 0 fully saturated rings. The van der Waals surface area contributed by atoms with E-state index in [1.54, 1.807) is 0 Å². The van der Waals surface area contributed by atoms with Crippen molar-refractivity contribution in [1.29, 1.82) is 0 Å². The average molecular weight is 405 g/mol. The van der Waals surface area contributed by atoms with Gasteiger partial charge < -0.3 is 15.2 Å². The van der Waals surface area contributed by atoms with Crippen LogP contribution in [-0.4, -0.2) is 30.2 Å². The van der Waals surface area contributed by atoms with Gasteiger partial charge in [0.05, 0.1) is 0 Å². The summed E-state index contributed by atoms with van der Waals surface area (Å²) in [6.07, 6.45) is 3.22. The van der Waals surface area contributed by atoms with E-state index >= 15 is 0 Å². The summed E-state index contributed by atoms with van der Waals surface area (Å²) in [7, 11) is 0. The van der Waals surface area contributed by atoms with E-state index in [9.17, 15) is 0 Å². The molecule has 108 valence electrons. The highest BCUT2D eigenvalue weighted by Crippen LogP contribution is 2.20. The number of nitrogens with zero attached hydrogens (tertiary/aromatic N) is 2. The third-order valence-electron chi connectivity index (χ3n) is 3.28. The summed E-state index contributed by atoms with van der Waals surface area (Å²) in [4.78, 5) is 4.39. The SMILES string of the molecule is Clc1ccc2c(ccn2CCNC2=NCCCN2)c1.I. The Labute approximate surface area is 140 Å². The van der Waals surface area contributed by atoms with Crippen LogP contribution >= 0.6 is 35.6 Å². The molecule has 3 rings (SSSR count). The predicted octanol–water partition coefficient (Wildman–Crippen LogP) is 2.85. The maximum atomic E-state index is 5.99. The lowest BCUT2D eigenvalue weighted by Gasteiger charge is -2.16. The van der Waals surface area contributed by atoms with Gasteiger partial charge in [0.25, 0.3) is 0 Å². The lowest BCUT2D eigenvalue weighted by Crippen LogP contribution is -2.41. The van der Waals surface area contributed by atoms with Gasteiger partial charge in [-0.1, -0.05) is 11.6 Å². The van der Waals surface area contributed by atoms with Gasteiger partial charge >= 0.3 is 0 Å². The van der Waals surface area contributed by atoms with Crippen molar-refractivity contribution in [2.24, 2.45) is 4.99 Å². The number of benzene rings is 1. The van der Waals surface area contributed by atoms with Crippen LogP contribution in [0.25, 0.3) is 10.9 Å². The van der Waals surface area contributed by atoms with E-state index in [1.165, 1.54) is 10.9 Å². The van der Waals surface area contributed by atoms with Gasteiger partial charge in [-0.3, -0.25) is 4.99 Å². The predicted molar refractivity (Wildman–Crippen MR) is 95.3 cm³/mol. The van der Waals surface area contributed by atoms with Crippen LogP contribution in [0, 0.1) is 0 Å². The number of hydrogen-bond acceptors (Lipinski definition) is 3. The highest BCUT2D eigenvalue weighted by Gasteiger charge is 2.04. The van der Waals surface area contributed by atoms with Crippen LogP contribution in [0.3, 0.4) is 0 Å². The number of rotatable bonds is 3. The van der Waals surface area contributed by atoms with Crippen LogP contribution in [0.4, 0.5) is 0 Å². The zero-order valence-corrected chi connectivity index (χ0v) is 14.2. The Morgan fingerprint density at radius 2 is 2.25 bits per heavy atom. The summed E-state index contributed by atoms with van der Waals surface area (Å²) in [6, 6.07) is 8.08. The molecular weight excluding hydrogens is 387 g/mol. The monoisotopic (exact) mass is 404 g/mol. The molecule has 0 amide bonds. The molecule has 1 aliphatic heterocycles. The molecule has 2 heterocycles. The van der Waals surface area contributed by atoms with Crippen molar-refractivity contribution in [2.45, 2.75) is 13.0 Å². The molecule has 0 saturated carbocycles. The van der Waals surface area contributed by atoms with Gasteiger partial charge in [-0.05, 0) is 30.7 Å². The third-order valence-corrected chi connectivity index (χ3v) is 3.51. The molecule has 20 heavy (non-hydrogen) atoms. The summed E-state index contributed by atoms with van der Waals surface area (Å²) in [5.74, 6) is 0.922. The van der Waals surface area contributed by atoms with Crippen molar-refractivity contribution >= 4 is 52.4 Å². The van der Waals surface area contributed by atoms with Gasteiger partial charge in [-0.25, -0.2) is 0 Å². The number of guanidine groups is 1. The van der Waals surface area contributed by atoms with E-state index in [4.69, 9.17) is 11.6 Å². The van der Waals surface area contributed by atoms with Crippen molar-refractivity contribution < 1.29 is 0 Å². The molecule has 0 radical (unpaired) electrons. The molecule has 0 atom stereocenters. The Hall–Kier alpha value is -0.950. The molecule has 0 bridgehead atoms. The third kappa shape index (κ3) is 3.58. The average Bonchev–Trinajstić information content (AvgIpc) is 2.82. The molecule has 6 heteroatoms. The number of aliphatic imine (C=N–C) groups is 1. The van der Waals surface area contributed by atoms with E-state index in [2.05, 4.69) is 38.5 Å². The number of halogens is 2. The highest BCUT2D eigenvalue weighted by molar-refractivity contribution is 14.0. The topological polar surface area (TPSA) is 41.4 Å². The maximum Gasteiger partial charge on any atom is 0.191 e. The molecule has 2 aromatic rings. The first-order chi connectivity index (χ1) is 9.33. The molecule has 1 aromatic heterocycles. The summed E-state index contributed by atoms with van der Waals surface area (Å²) in [5.41, 5.74) is 1.21. The van der Waals surface area contributed by atoms with Gasteiger partial charge in [0, 0.05) is 48.3 Å². The number of hydrogen-bond donors (Lipinski definition) is 2. The number of nitrogens with one attached hydrogen (secondary N) is 2. The summed E-state index contributed by atoms with van der Waals surface area (Å²) >= 11 is 5.99. The lowest BCUT2D eigenvalue weighted by molar-refractivity contribution is 0.656. The first kappa shape index (κ1) is 15.4. The minimum atomic E-state index is 0. The number of aromatic nitrogens is 1. The molecular formula is C14H18ClIN4. The van der Waals surface area contributed by atoms with Gasteiger partial charge in [-0.15, -0.1) is 24.0 Å². The Morgan fingerprint density at radius 1 is 1.35 bits per heavy atom. The Kier molecular flexibility index (Phi) is 5.54. The van der Waals surface area contributed by atoms with E-state index < -0.39 is 0 Å². The fraction of sp³-hybridized carbons (Fsp3) is 0.357. The van der Waals surface area contributed by atoms with Crippen molar-refractivity contribution in [3.63, 3.8) is 0 Å². The first-order valence-electron chi connectivity index (χ1n) is 6.59. The molecule has 0 unspecified atom stereocenters. The smallest absolute Gasteiger partial charge is 0.191 e. The highest BCUT2D eigenvalue weighted by atomic mass is 127. The van der Waals surface area contributed by atoms with Crippen LogP contribution in [0.2, 0.25) is 5.02 Å². The van der Waals surface area contributed by atoms with E-state index in [-0.39, 0.29) is 24.0 Å². The fourth-order valence-electron chi connectivity index (χ4n) is 2.31. The van der Waals surface area contributed by atoms with Crippen LogP contribution in [0.5, 0.6) is 0 Å². The standard InChI is InChI=1S/C14H17ClN4.HI/c15-12-2-3-13-11(10-12)4-8-19(13)9-7-18-14-16-5-1-6-17-14;/h2-4,8,10H,1,5-7,9H2,(H2,16,17,18);1H. The van der Waals surface area contributed by atoms with Crippen molar-refractivity contribution in [3.05, 3.63) is 35.5 Å². The van der Waals surface area contributed by atoms with E-state index in [1.807, 2.05) is 12.1 Å².